The molecule has 0 radical (unpaired) electrons. The topological polar surface area (TPSA) is 107 Å². The second kappa shape index (κ2) is 9.23. The zero-order valence-corrected chi connectivity index (χ0v) is 21.1. The van der Waals surface area contributed by atoms with Gasteiger partial charge in [-0.25, -0.2) is 0 Å². The predicted octanol–water partition coefficient (Wildman–Crippen LogP) is 4.48. The lowest BCUT2D eigenvalue weighted by Gasteiger charge is -2.40. The molecule has 1 aliphatic carbocycles. The maximum absolute atomic E-state index is 14.2. The molecule has 2 aliphatic rings. The Kier molecular flexibility index (Phi) is 5.17. The molecule has 37 heavy (non-hydrogen) atoms. The van der Waals surface area contributed by atoms with E-state index in [2.05, 4.69) is 4.98 Å². The standard InChI is InChI=1S/C29H28ClN3O4/c1-27(2,36)21-6-10-25-24(13-21)26(35)33(16-23-9-3-19(14-31)15-32-23)29(25,20-4-7-22(30)8-5-20)37-18-28(17-34)11-12-28/h3-10,13,15,34,36H,11-12,16-18H2,1-2H3/i17D2,18D2. The molecule has 2 aromatic carbocycles. The number of pyridine rings is 1. The molecule has 190 valence electrons. The largest absolute Gasteiger partial charge is 0.396 e. The van der Waals surface area contributed by atoms with Crippen LogP contribution < -0.4 is 0 Å². The van der Waals surface area contributed by atoms with Crippen molar-refractivity contribution in [3.63, 3.8) is 0 Å². The summed E-state index contributed by atoms with van der Waals surface area (Å²) >= 11 is 6.19. The average Bonchev–Trinajstić information content (AvgIpc) is 3.71. The van der Waals surface area contributed by atoms with Gasteiger partial charge < -0.3 is 14.9 Å². The van der Waals surface area contributed by atoms with Crippen molar-refractivity contribution < 1.29 is 25.2 Å². The van der Waals surface area contributed by atoms with Crippen molar-refractivity contribution in [2.75, 3.05) is 13.1 Å². The molecule has 1 saturated carbocycles. The third-order valence-electron chi connectivity index (χ3n) is 6.81. The second-order valence-corrected chi connectivity index (χ2v) is 10.3. The van der Waals surface area contributed by atoms with Crippen LogP contribution in [-0.4, -0.2) is 39.1 Å². The molecule has 1 aromatic heterocycles. The number of aliphatic hydroxyl groups is 2. The Morgan fingerprint density at radius 2 is 1.95 bits per heavy atom. The quantitative estimate of drug-likeness (QED) is 0.452. The summed E-state index contributed by atoms with van der Waals surface area (Å²) in [6, 6.07) is 16.2. The monoisotopic (exact) mass is 521 g/mol. The molecule has 0 spiro atoms. The third-order valence-corrected chi connectivity index (χ3v) is 7.07. The first kappa shape index (κ1) is 20.7. The van der Waals surface area contributed by atoms with E-state index in [-0.39, 0.29) is 30.5 Å². The summed E-state index contributed by atoms with van der Waals surface area (Å²) in [6.07, 6.45) is 1.41. The molecule has 1 fully saturated rings. The summed E-state index contributed by atoms with van der Waals surface area (Å²) in [4.78, 5) is 19.8. The maximum Gasteiger partial charge on any atom is 0.257 e. The lowest BCUT2D eigenvalue weighted by atomic mass is 9.89. The molecule has 2 N–H and O–H groups in total. The van der Waals surface area contributed by atoms with E-state index < -0.39 is 35.8 Å². The van der Waals surface area contributed by atoms with Crippen LogP contribution in [0.15, 0.2) is 60.8 Å². The van der Waals surface area contributed by atoms with Crippen molar-refractivity contribution in [1.82, 2.24) is 9.88 Å². The number of hydrogen-bond donors (Lipinski definition) is 2. The summed E-state index contributed by atoms with van der Waals surface area (Å²) in [5, 5.41) is 30.7. The molecule has 1 amide bonds. The molecule has 0 saturated heterocycles. The minimum absolute atomic E-state index is 0.0236. The Hall–Kier alpha value is -3.28. The van der Waals surface area contributed by atoms with E-state index in [0.29, 0.717) is 27.4 Å². The van der Waals surface area contributed by atoms with Crippen molar-refractivity contribution in [1.29, 1.82) is 5.26 Å². The minimum Gasteiger partial charge on any atom is -0.396 e. The van der Waals surface area contributed by atoms with Crippen LogP contribution >= 0.6 is 11.6 Å². The number of hydrogen-bond acceptors (Lipinski definition) is 6. The molecule has 3 aromatic rings. The Morgan fingerprint density at radius 3 is 2.51 bits per heavy atom. The number of rotatable bonds is 8. The van der Waals surface area contributed by atoms with Crippen molar-refractivity contribution in [2.45, 2.75) is 44.6 Å². The van der Waals surface area contributed by atoms with Crippen LogP contribution in [-0.2, 0) is 22.6 Å². The zero-order chi connectivity index (χ0) is 30.0. The van der Waals surface area contributed by atoms with E-state index in [1.807, 2.05) is 6.07 Å². The van der Waals surface area contributed by atoms with Gasteiger partial charge in [0.1, 0.15) is 6.07 Å². The van der Waals surface area contributed by atoms with Crippen LogP contribution in [0.5, 0.6) is 0 Å². The number of carbonyl (C=O) groups excluding carboxylic acids is 1. The van der Waals surface area contributed by atoms with E-state index >= 15 is 0 Å². The first-order valence-electron chi connectivity index (χ1n) is 13.8. The number of nitrogens with zero attached hydrogens (tertiary/aromatic N) is 3. The lowest BCUT2D eigenvalue weighted by Crippen LogP contribution is -2.47. The van der Waals surface area contributed by atoms with Crippen LogP contribution in [0.2, 0.25) is 5.02 Å². The van der Waals surface area contributed by atoms with Gasteiger partial charge in [-0.3, -0.25) is 14.7 Å². The average molecular weight is 522 g/mol. The summed E-state index contributed by atoms with van der Waals surface area (Å²) in [5.74, 6) is -0.542. The molecule has 1 atom stereocenters. The van der Waals surface area contributed by atoms with Gasteiger partial charge in [-0.05, 0) is 62.6 Å². The van der Waals surface area contributed by atoms with Crippen LogP contribution in [0.25, 0.3) is 0 Å². The van der Waals surface area contributed by atoms with Gasteiger partial charge in [-0.15, -0.1) is 0 Å². The fourth-order valence-corrected chi connectivity index (χ4v) is 4.58. The minimum atomic E-state index is -2.91. The van der Waals surface area contributed by atoms with Gasteiger partial charge in [0.05, 0.1) is 42.0 Å². The predicted molar refractivity (Wildman–Crippen MR) is 137 cm³/mol. The first-order chi connectivity index (χ1) is 19.1. The Bertz CT molecular complexity index is 1540. The SMILES string of the molecule is [2H]C([2H])(O)C1(C([2H])([2H])OC2(c3ccc(Cl)cc3)c3ccc(C(C)(C)O)cc3C(=O)N2Cc2ccc(C#N)cn2)CC1. The van der Waals surface area contributed by atoms with Crippen molar-refractivity contribution in [3.05, 3.63) is 99.3 Å². The number of aromatic nitrogens is 1. The van der Waals surface area contributed by atoms with Gasteiger partial charge in [0, 0.05) is 33.3 Å². The summed E-state index contributed by atoms with van der Waals surface area (Å²) < 4.78 is 40.4. The van der Waals surface area contributed by atoms with Gasteiger partial charge in [-0.2, -0.15) is 5.26 Å². The molecule has 1 aliphatic heterocycles. The molecule has 2 heterocycles. The van der Waals surface area contributed by atoms with Crippen LogP contribution in [0.1, 0.15) is 70.5 Å². The number of nitriles is 1. The molecule has 8 heteroatoms. The summed E-state index contributed by atoms with van der Waals surface area (Å²) in [6.45, 7) is -2.69. The molecule has 7 nitrogen and oxygen atoms in total. The smallest absolute Gasteiger partial charge is 0.257 e. The zero-order valence-electron chi connectivity index (χ0n) is 24.3. The van der Waals surface area contributed by atoms with Crippen LogP contribution in [0.3, 0.4) is 0 Å². The number of amides is 1. The van der Waals surface area contributed by atoms with Gasteiger partial charge in [0.25, 0.3) is 5.91 Å². The molecule has 5 rings (SSSR count). The molecule has 1 unspecified atom stereocenters. The van der Waals surface area contributed by atoms with Gasteiger partial charge in [-0.1, -0.05) is 35.9 Å². The maximum atomic E-state index is 14.2. The second-order valence-electron chi connectivity index (χ2n) is 9.91. The van der Waals surface area contributed by atoms with Gasteiger partial charge >= 0.3 is 0 Å². The fraction of sp³-hybridized carbons (Fsp3) is 0.345. The first-order valence-corrected chi connectivity index (χ1v) is 12.2. The highest BCUT2D eigenvalue weighted by atomic mass is 35.5. The van der Waals surface area contributed by atoms with Gasteiger partial charge in [0.2, 0.25) is 0 Å². The van der Waals surface area contributed by atoms with E-state index in [4.69, 9.17) is 21.8 Å². The number of fused-ring (bicyclic) bond motifs is 1. The lowest BCUT2D eigenvalue weighted by molar-refractivity contribution is -0.129. The molecular weight excluding hydrogens is 490 g/mol. The fourth-order valence-electron chi connectivity index (χ4n) is 4.45. The number of benzene rings is 2. The van der Waals surface area contributed by atoms with Crippen molar-refractivity contribution in [3.8, 4) is 6.07 Å². The van der Waals surface area contributed by atoms with Crippen molar-refractivity contribution >= 4 is 17.5 Å². The van der Waals surface area contributed by atoms with E-state index in [0.717, 1.165) is 0 Å². The van der Waals surface area contributed by atoms with Gasteiger partial charge in [0.15, 0.2) is 5.72 Å². The van der Waals surface area contributed by atoms with Crippen LogP contribution in [0, 0.1) is 16.7 Å². The summed E-state index contributed by atoms with van der Waals surface area (Å²) in [5.41, 5.74) is -3.22. The third kappa shape index (κ3) is 4.51. The molecule has 0 bridgehead atoms. The number of ether oxygens (including phenoxy) is 1. The Balaban J connectivity index is 1.77. The summed E-state index contributed by atoms with van der Waals surface area (Å²) in [7, 11) is 0. The highest BCUT2D eigenvalue weighted by molar-refractivity contribution is 6.30. The highest BCUT2D eigenvalue weighted by Crippen LogP contribution is 2.51. The number of halogens is 1. The number of carbonyl (C=O) groups is 1. The van der Waals surface area contributed by atoms with E-state index in [1.54, 1.807) is 62.4 Å². The van der Waals surface area contributed by atoms with E-state index in [1.165, 1.54) is 17.2 Å². The Morgan fingerprint density at radius 1 is 1.22 bits per heavy atom. The molecular formula is C29H28ClN3O4. The van der Waals surface area contributed by atoms with Crippen molar-refractivity contribution in [2.24, 2.45) is 5.41 Å². The normalized spacial score (nSPS) is 22.4. The van der Waals surface area contributed by atoms with E-state index in [9.17, 15) is 20.3 Å². The van der Waals surface area contributed by atoms with Crippen LogP contribution in [0.4, 0.5) is 0 Å². The Labute approximate surface area is 226 Å². The highest BCUT2D eigenvalue weighted by Gasteiger charge is 2.55.